The molecule has 0 radical (unpaired) electrons. The molecule has 70 valence electrons. The molecule has 2 nitrogen and oxygen atoms in total. The van der Waals surface area contributed by atoms with Gasteiger partial charge in [0.25, 0.3) is 0 Å². The van der Waals surface area contributed by atoms with Gasteiger partial charge in [-0.15, -0.1) is 0 Å². The Morgan fingerprint density at radius 3 is 3.00 bits per heavy atom. The van der Waals surface area contributed by atoms with Gasteiger partial charge in [-0.05, 0) is 24.3 Å². The molecule has 2 aliphatic rings. The molecule has 3 atom stereocenters. The third kappa shape index (κ3) is 1.22. The molecule has 12 heavy (non-hydrogen) atoms. The van der Waals surface area contributed by atoms with E-state index in [2.05, 4.69) is 27.8 Å². The Bertz CT molecular complexity index is 187. The molecule has 0 aromatic rings. The number of aliphatic hydroxyl groups is 1. The first-order chi connectivity index (χ1) is 5.68. The van der Waals surface area contributed by atoms with Crippen LogP contribution in [0.15, 0.2) is 0 Å². The van der Waals surface area contributed by atoms with Crippen molar-refractivity contribution >= 4 is 15.9 Å². The number of alkyl halides is 1. The van der Waals surface area contributed by atoms with Crippen LogP contribution in [0.3, 0.4) is 0 Å². The predicted molar refractivity (Wildman–Crippen MR) is 52.5 cm³/mol. The molecule has 3 unspecified atom stereocenters. The third-order valence-corrected chi connectivity index (χ3v) is 5.24. The number of halogens is 1. The normalized spacial score (nSPS) is 47.2. The zero-order chi connectivity index (χ0) is 8.77. The van der Waals surface area contributed by atoms with Crippen molar-refractivity contribution in [1.29, 1.82) is 0 Å². The zero-order valence-corrected chi connectivity index (χ0v) is 9.05. The molecular formula is C9H16BrNO. The molecule has 1 saturated carbocycles. The highest BCUT2D eigenvalue weighted by Crippen LogP contribution is 2.61. The Hall–Kier alpha value is 0.400. The van der Waals surface area contributed by atoms with Gasteiger partial charge >= 0.3 is 0 Å². The van der Waals surface area contributed by atoms with Crippen molar-refractivity contribution in [3.05, 3.63) is 0 Å². The smallest absolute Gasteiger partial charge is 0.0558 e. The summed E-state index contributed by atoms with van der Waals surface area (Å²) in [6.07, 6.45) is 1.29. The Balaban J connectivity index is 1.89. The minimum absolute atomic E-state index is 0.302. The molecule has 2 rings (SSSR count). The van der Waals surface area contributed by atoms with E-state index in [9.17, 15) is 0 Å². The van der Waals surface area contributed by atoms with E-state index < -0.39 is 0 Å². The van der Waals surface area contributed by atoms with Crippen molar-refractivity contribution in [2.75, 3.05) is 26.2 Å². The topological polar surface area (TPSA) is 23.5 Å². The van der Waals surface area contributed by atoms with Crippen molar-refractivity contribution < 1.29 is 5.11 Å². The number of nitrogens with zero attached hydrogens (tertiary/aromatic N) is 1. The number of hydrogen-bond donors (Lipinski definition) is 1. The summed E-state index contributed by atoms with van der Waals surface area (Å²) in [5.74, 6) is 0.831. The summed E-state index contributed by atoms with van der Waals surface area (Å²) < 4.78 is 0. The second kappa shape index (κ2) is 2.96. The van der Waals surface area contributed by atoms with Crippen LogP contribution in [-0.4, -0.2) is 41.1 Å². The van der Waals surface area contributed by atoms with Gasteiger partial charge in [-0.2, -0.15) is 0 Å². The predicted octanol–water partition coefficient (Wildman–Crippen LogP) is 1.08. The van der Waals surface area contributed by atoms with Crippen LogP contribution in [0, 0.1) is 11.3 Å². The number of β-amino-alcohol motifs (C(OH)–C–C–N with tert-alkyl or cyclic N) is 1. The number of aliphatic hydroxyl groups excluding tert-OH is 1. The summed E-state index contributed by atoms with van der Waals surface area (Å²) >= 11 is 3.72. The van der Waals surface area contributed by atoms with E-state index in [0.717, 1.165) is 23.8 Å². The number of rotatable bonds is 2. The van der Waals surface area contributed by atoms with Crippen LogP contribution >= 0.6 is 15.9 Å². The number of likely N-dealkylation sites (tertiary alicyclic amines) is 1. The van der Waals surface area contributed by atoms with E-state index >= 15 is 0 Å². The Morgan fingerprint density at radius 2 is 2.42 bits per heavy atom. The van der Waals surface area contributed by atoms with E-state index in [0.29, 0.717) is 12.0 Å². The number of hydrogen-bond acceptors (Lipinski definition) is 2. The first-order valence-electron chi connectivity index (χ1n) is 4.66. The molecule has 0 aromatic carbocycles. The van der Waals surface area contributed by atoms with Gasteiger partial charge in [0.1, 0.15) is 0 Å². The monoisotopic (exact) mass is 233 g/mol. The van der Waals surface area contributed by atoms with Gasteiger partial charge in [-0.25, -0.2) is 0 Å². The highest BCUT2D eigenvalue weighted by Gasteiger charge is 2.61. The van der Waals surface area contributed by atoms with Gasteiger partial charge in [0.2, 0.25) is 0 Å². The van der Waals surface area contributed by atoms with Crippen LogP contribution < -0.4 is 0 Å². The lowest BCUT2D eigenvalue weighted by Gasteiger charge is -2.28. The van der Waals surface area contributed by atoms with Crippen LogP contribution in [0.2, 0.25) is 0 Å². The van der Waals surface area contributed by atoms with Crippen LogP contribution in [0.1, 0.15) is 13.3 Å². The molecule has 1 aliphatic heterocycles. The van der Waals surface area contributed by atoms with Crippen molar-refractivity contribution in [3.63, 3.8) is 0 Å². The largest absolute Gasteiger partial charge is 0.395 e. The lowest BCUT2D eigenvalue weighted by molar-refractivity contribution is 0.148. The van der Waals surface area contributed by atoms with E-state index in [4.69, 9.17) is 5.11 Å². The van der Waals surface area contributed by atoms with E-state index in [1.165, 1.54) is 13.0 Å². The first kappa shape index (κ1) is 8.97. The molecule has 1 N–H and O–H groups in total. The van der Waals surface area contributed by atoms with E-state index in [1.807, 2.05) is 0 Å². The summed E-state index contributed by atoms with van der Waals surface area (Å²) in [5, 5.41) is 8.80. The Labute approximate surface area is 82.1 Å². The summed E-state index contributed by atoms with van der Waals surface area (Å²) in [6.45, 7) is 5.86. The summed E-state index contributed by atoms with van der Waals surface area (Å²) in [4.78, 5) is 3.10. The molecule has 3 heteroatoms. The third-order valence-electron chi connectivity index (χ3n) is 3.56. The van der Waals surface area contributed by atoms with E-state index in [1.54, 1.807) is 0 Å². The highest BCUT2D eigenvalue weighted by atomic mass is 79.9. The van der Waals surface area contributed by atoms with Crippen molar-refractivity contribution in [2.24, 2.45) is 11.3 Å². The van der Waals surface area contributed by atoms with Gasteiger partial charge in [-0.1, -0.05) is 22.9 Å². The Morgan fingerprint density at radius 1 is 1.67 bits per heavy atom. The minimum Gasteiger partial charge on any atom is -0.395 e. The second-order valence-electron chi connectivity index (χ2n) is 4.29. The molecule has 0 amide bonds. The molecule has 0 spiro atoms. The van der Waals surface area contributed by atoms with Gasteiger partial charge in [-0.3, -0.25) is 0 Å². The van der Waals surface area contributed by atoms with Gasteiger partial charge in [0.05, 0.1) is 6.61 Å². The van der Waals surface area contributed by atoms with Gasteiger partial charge in [0, 0.05) is 17.9 Å². The molecular weight excluding hydrogens is 218 g/mol. The quantitative estimate of drug-likeness (QED) is 0.723. The second-order valence-corrected chi connectivity index (χ2v) is 5.27. The summed E-state index contributed by atoms with van der Waals surface area (Å²) in [7, 11) is 0. The van der Waals surface area contributed by atoms with Crippen LogP contribution in [-0.2, 0) is 0 Å². The molecule has 1 heterocycles. The fourth-order valence-corrected chi connectivity index (χ4v) is 3.52. The van der Waals surface area contributed by atoms with Crippen LogP contribution in [0.5, 0.6) is 0 Å². The lowest BCUT2D eigenvalue weighted by atomic mass is 9.98. The summed E-state index contributed by atoms with van der Waals surface area (Å²) in [5.41, 5.74) is 0.575. The maximum Gasteiger partial charge on any atom is 0.0558 e. The molecule has 2 fully saturated rings. The average molecular weight is 234 g/mol. The SMILES string of the molecule is CC12CCN(CCO)CC1C2Br. The number of piperidine rings is 1. The van der Waals surface area contributed by atoms with Crippen molar-refractivity contribution in [2.45, 2.75) is 18.2 Å². The van der Waals surface area contributed by atoms with Gasteiger partial charge in [0.15, 0.2) is 0 Å². The molecule has 0 aromatic heterocycles. The fraction of sp³-hybridized carbons (Fsp3) is 1.00. The molecule has 1 saturated heterocycles. The van der Waals surface area contributed by atoms with Crippen molar-refractivity contribution in [3.8, 4) is 0 Å². The minimum atomic E-state index is 0.302. The van der Waals surface area contributed by atoms with Crippen LogP contribution in [0.25, 0.3) is 0 Å². The molecule has 0 bridgehead atoms. The fourth-order valence-electron chi connectivity index (χ4n) is 2.34. The standard InChI is InChI=1S/C9H16BrNO/c1-9-2-3-11(4-5-12)6-7(9)8(9)10/h7-8,12H,2-6H2,1H3. The number of fused-ring (bicyclic) bond motifs is 1. The maximum absolute atomic E-state index is 8.80. The average Bonchev–Trinajstić information content (AvgIpc) is 2.58. The Kier molecular flexibility index (Phi) is 2.22. The van der Waals surface area contributed by atoms with Crippen LogP contribution in [0.4, 0.5) is 0 Å². The maximum atomic E-state index is 8.80. The van der Waals surface area contributed by atoms with Crippen molar-refractivity contribution in [1.82, 2.24) is 4.90 Å². The molecule has 1 aliphatic carbocycles. The summed E-state index contributed by atoms with van der Waals surface area (Å²) in [6, 6.07) is 0. The zero-order valence-electron chi connectivity index (χ0n) is 7.46. The van der Waals surface area contributed by atoms with E-state index in [-0.39, 0.29) is 0 Å². The highest BCUT2D eigenvalue weighted by molar-refractivity contribution is 9.09. The first-order valence-corrected chi connectivity index (χ1v) is 5.57. The lowest BCUT2D eigenvalue weighted by Crippen LogP contribution is -2.35. The van der Waals surface area contributed by atoms with Gasteiger partial charge < -0.3 is 10.0 Å².